The van der Waals surface area contributed by atoms with Crippen molar-refractivity contribution in [2.45, 2.75) is 38.9 Å². The van der Waals surface area contributed by atoms with Crippen LogP contribution < -0.4 is 5.32 Å². The molecule has 0 atom stereocenters. The highest BCUT2D eigenvalue weighted by Gasteiger charge is 2.15. The number of anilines is 1. The van der Waals surface area contributed by atoms with Gasteiger partial charge in [-0.2, -0.15) is 0 Å². The van der Waals surface area contributed by atoms with E-state index in [1.165, 1.54) is 33.7 Å². The van der Waals surface area contributed by atoms with Crippen LogP contribution in [0.1, 0.15) is 29.4 Å². The molecule has 0 aliphatic heterocycles. The molecule has 6 heteroatoms. The molecule has 3 aromatic carbocycles. The second-order valence-electron chi connectivity index (χ2n) is 7.61. The van der Waals surface area contributed by atoms with Crippen molar-refractivity contribution in [3.05, 3.63) is 83.2 Å². The molecule has 0 fully saturated rings. The van der Waals surface area contributed by atoms with E-state index >= 15 is 0 Å². The van der Waals surface area contributed by atoms with E-state index in [2.05, 4.69) is 75.5 Å². The Balaban J connectivity index is 1.46. The number of hydrogen-bond acceptors (Lipinski definition) is 4. The van der Waals surface area contributed by atoms with Crippen LogP contribution in [0.5, 0.6) is 0 Å². The Morgan fingerprint density at radius 3 is 2.65 bits per heavy atom. The topological polar surface area (TPSA) is 59.8 Å². The molecule has 0 saturated carbocycles. The third kappa shape index (κ3) is 4.80. The lowest BCUT2D eigenvalue weighted by atomic mass is 10.0. The minimum absolute atomic E-state index is 0.0433. The normalized spacial score (nSPS) is 11.1. The zero-order chi connectivity index (χ0) is 21.8. The predicted molar refractivity (Wildman–Crippen MR) is 128 cm³/mol. The van der Waals surface area contributed by atoms with E-state index in [1.54, 1.807) is 0 Å². The molecule has 0 unspecified atom stereocenters. The minimum atomic E-state index is -0.0433. The number of aromatic nitrogens is 3. The molecular formula is C25H26N4OS. The van der Waals surface area contributed by atoms with Crippen molar-refractivity contribution in [1.82, 2.24) is 14.8 Å². The first kappa shape index (κ1) is 21.1. The fourth-order valence-electron chi connectivity index (χ4n) is 3.76. The quantitative estimate of drug-likeness (QED) is 0.399. The SMILES string of the molecule is CCn1c(Cc2cccc3ccccc23)nnc1SCC(=O)Nc1ccc(C)cc1C. The minimum Gasteiger partial charge on any atom is -0.325 e. The van der Waals surface area contributed by atoms with Crippen LogP contribution in [0.2, 0.25) is 0 Å². The molecule has 1 aromatic heterocycles. The van der Waals surface area contributed by atoms with Gasteiger partial charge in [-0.15, -0.1) is 10.2 Å². The van der Waals surface area contributed by atoms with E-state index < -0.39 is 0 Å². The zero-order valence-corrected chi connectivity index (χ0v) is 18.9. The van der Waals surface area contributed by atoms with Crippen LogP contribution in [0.25, 0.3) is 10.8 Å². The summed E-state index contributed by atoms with van der Waals surface area (Å²) in [7, 11) is 0. The van der Waals surface area contributed by atoms with Crippen molar-refractivity contribution >= 4 is 34.1 Å². The van der Waals surface area contributed by atoms with Crippen LogP contribution >= 0.6 is 11.8 Å². The van der Waals surface area contributed by atoms with Crippen molar-refractivity contribution < 1.29 is 4.79 Å². The van der Waals surface area contributed by atoms with E-state index in [0.29, 0.717) is 12.2 Å². The summed E-state index contributed by atoms with van der Waals surface area (Å²) in [6.45, 7) is 6.88. The molecule has 31 heavy (non-hydrogen) atoms. The maximum absolute atomic E-state index is 12.5. The highest BCUT2D eigenvalue weighted by atomic mass is 32.2. The number of carbonyl (C=O) groups excluding carboxylic acids is 1. The molecule has 1 N–H and O–H groups in total. The lowest BCUT2D eigenvalue weighted by molar-refractivity contribution is -0.113. The molecule has 0 aliphatic rings. The van der Waals surface area contributed by atoms with Gasteiger partial charge in [0.05, 0.1) is 5.75 Å². The number of benzene rings is 3. The Morgan fingerprint density at radius 2 is 1.84 bits per heavy atom. The number of fused-ring (bicyclic) bond motifs is 1. The van der Waals surface area contributed by atoms with Gasteiger partial charge in [0.15, 0.2) is 5.16 Å². The predicted octanol–water partition coefficient (Wildman–Crippen LogP) is 5.39. The average molecular weight is 431 g/mol. The van der Waals surface area contributed by atoms with Gasteiger partial charge in [-0.25, -0.2) is 0 Å². The van der Waals surface area contributed by atoms with Gasteiger partial charge in [-0.05, 0) is 48.7 Å². The first-order chi connectivity index (χ1) is 15.0. The number of thioether (sulfide) groups is 1. The Labute approximate surface area is 186 Å². The molecule has 4 aromatic rings. The lowest BCUT2D eigenvalue weighted by Gasteiger charge is -2.10. The Kier molecular flexibility index (Phi) is 6.37. The number of aryl methyl sites for hydroxylation is 2. The van der Waals surface area contributed by atoms with Gasteiger partial charge in [0, 0.05) is 18.7 Å². The smallest absolute Gasteiger partial charge is 0.234 e. The highest BCUT2D eigenvalue weighted by Crippen LogP contribution is 2.24. The fraction of sp³-hybridized carbons (Fsp3) is 0.240. The molecule has 158 valence electrons. The number of amides is 1. The molecule has 0 radical (unpaired) electrons. The van der Waals surface area contributed by atoms with Gasteiger partial charge in [-0.3, -0.25) is 4.79 Å². The summed E-state index contributed by atoms with van der Waals surface area (Å²) >= 11 is 1.42. The Morgan fingerprint density at radius 1 is 1.03 bits per heavy atom. The van der Waals surface area contributed by atoms with Crippen molar-refractivity contribution in [3.63, 3.8) is 0 Å². The summed E-state index contributed by atoms with van der Waals surface area (Å²) in [4.78, 5) is 12.5. The average Bonchev–Trinajstić information content (AvgIpc) is 3.16. The third-order valence-electron chi connectivity index (χ3n) is 5.33. The first-order valence-corrected chi connectivity index (χ1v) is 11.4. The van der Waals surface area contributed by atoms with Gasteiger partial charge in [0.1, 0.15) is 5.82 Å². The van der Waals surface area contributed by atoms with Gasteiger partial charge in [0.25, 0.3) is 0 Å². The molecule has 4 rings (SSSR count). The van der Waals surface area contributed by atoms with Crippen molar-refractivity contribution in [2.24, 2.45) is 0 Å². The van der Waals surface area contributed by atoms with Crippen molar-refractivity contribution in [3.8, 4) is 0 Å². The Hall–Kier alpha value is -3.12. The highest BCUT2D eigenvalue weighted by molar-refractivity contribution is 7.99. The number of nitrogens with one attached hydrogen (secondary N) is 1. The maximum atomic E-state index is 12.5. The Bertz CT molecular complexity index is 1230. The molecule has 1 amide bonds. The second-order valence-corrected chi connectivity index (χ2v) is 8.56. The number of carbonyl (C=O) groups is 1. The summed E-state index contributed by atoms with van der Waals surface area (Å²) in [5.41, 5.74) is 4.32. The molecule has 0 aliphatic carbocycles. The van der Waals surface area contributed by atoms with E-state index in [1.807, 2.05) is 26.0 Å². The number of nitrogens with zero attached hydrogens (tertiary/aromatic N) is 3. The lowest BCUT2D eigenvalue weighted by Crippen LogP contribution is -2.15. The van der Waals surface area contributed by atoms with Crippen molar-refractivity contribution in [2.75, 3.05) is 11.1 Å². The van der Waals surface area contributed by atoms with Crippen molar-refractivity contribution in [1.29, 1.82) is 0 Å². The summed E-state index contributed by atoms with van der Waals surface area (Å²) < 4.78 is 2.09. The van der Waals surface area contributed by atoms with Gasteiger partial charge < -0.3 is 9.88 Å². The summed E-state index contributed by atoms with van der Waals surface area (Å²) in [6.07, 6.45) is 0.706. The van der Waals surface area contributed by atoms with E-state index in [-0.39, 0.29) is 5.91 Å². The largest absolute Gasteiger partial charge is 0.325 e. The van der Waals surface area contributed by atoms with E-state index in [0.717, 1.165) is 28.8 Å². The van der Waals surface area contributed by atoms with Crippen LogP contribution in [0, 0.1) is 13.8 Å². The van der Waals surface area contributed by atoms with Crippen LogP contribution in [-0.2, 0) is 17.8 Å². The molecule has 0 bridgehead atoms. The summed E-state index contributed by atoms with van der Waals surface area (Å²) in [5.74, 6) is 1.16. The van der Waals surface area contributed by atoms with Crippen LogP contribution in [-0.4, -0.2) is 26.4 Å². The van der Waals surface area contributed by atoms with Crippen LogP contribution in [0.4, 0.5) is 5.69 Å². The third-order valence-corrected chi connectivity index (χ3v) is 6.29. The van der Waals surface area contributed by atoms with Crippen LogP contribution in [0.3, 0.4) is 0 Å². The molecule has 1 heterocycles. The molecule has 0 spiro atoms. The summed E-state index contributed by atoms with van der Waals surface area (Å²) in [5, 5.41) is 15.0. The monoisotopic (exact) mass is 430 g/mol. The maximum Gasteiger partial charge on any atom is 0.234 e. The van der Waals surface area contributed by atoms with Gasteiger partial charge >= 0.3 is 0 Å². The van der Waals surface area contributed by atoms with E-state index in [9.17, 15) is 4.79 Å². The van der Waals surface area contributed by atoms with Gasteiger partial charge in [0.2, 0.25) is 5.91 Å². The molecular weight excluding hydrogens is 404 g/mol. The van der Waals surface area contributed by atoms with Gasteiger partial charge in [-0.1, -0.05) is 71.9 Å². The fourth-order valence-corrected chi connectivity index (χ4v) is 4.58. The molecule has 5 nitrogen and oxygen atoms in total. The van der Waals surface area contributed by atoms with E-state index in [4.69, 9.17) is 0 Å². The number of rotatable bonds is 7. The number of hydrogen-bond donors (Lipinski definition) is 1. The molecule has 0 saturated heterocycles. The van der Waals surface area contributed by atoms with Crippen LogP contribution in [0.15, 0.2) is 65.8 Å². The zero-order valence-electron chi connectivity index (χ0n) is 18.1. The summed E-state index contributed by atoms with van der Waals surface area (Å²) in [6, 6.07) is 20.7. The first-order valence-electron chi connectivity index (χ1n) is 10.4. The standard InChI is InChI=1S/C25H26N4OS/c1-4-29-23(15-20-10-7-9-19-8-5-6-11-21(19)20)27-28-25(29)31-16-24(30)26-22-13-12-17(2)14-18(22)3/h5-14H,4,15-16H2,1-3H3,(H,26,30). The second kappa shape index (κ2) is 9.35.